The topological polar surface area (TPSA) is 29.1 Å². The zero-order valence-corrected chi connectivity index (χ0v) is 14.8. The van der Waals surface area contributed by atoms with E-state index in [2.05, 4.69) is 5.32 Å². The Morgan fingerprint density at radius 2 is 1.78 bits per heavy atom. The number of hydrogen-bond donors (Lipinski definition) is 1. The normalized spacial score (nSPS) is 12.6. The third kappa shape index (κ3) is 4.95. The Bertz CT molecular complexity index is 904. The number of amides is 1. The second-order valence-corrected chi connectivity index (χ2v) is 6.92. The Balaban J connectivity index is 1.78. The van der Waals surface area contributed by atoms with Crippen LogP contribution in [-0.4, -0.2) is 5.91 Å². The molecule has 1 amide bonds. The fourth-order valence-corrected chi connectivity index (χ4v) is 3.49. The van der Waals surface area contributed by atoms with Gasteiger partial charge in [-0.05, 0) is 40.8 Å². The van der Waals surface area contributed by atoms with Gasteiger partial charge in [0.2, 0.25) is 5.91 Å². The molecule has 1 heterocycles. The zero-order valence-electron chi connectivity index (χ0n) is 14.0. The molecule has 2 aromatic carbocycles. The molecule has 0 aliphatic heterocycles. The van der Waals surface area contributed by atoms with Crippen LogP contribution in [0.3, 0.4) is 0 Å². The standard InChI is InChI=1S/C20H15F4NOS/c21-16-8-6-14(7-9-16)19(17-5-2-10-27-17)25-18(26)12-13-3-1-4-15(11-13)20(22,23)24/h1-11,19H,12H2,(H,25,26)/t19-/m0/s1. The molecule has 2 nitrogen and oxygen atoms in total. The van der Waals surface area contributed by atoms with E-state index < -0.39 is 23.7 Å². The molecule has 1 N–H and O–H groups in total. The number of carbonyl (C=O) groups is 1. The van der Waals surface area contributed by atoms with Crippen molar-refractivity contribution in [3.05, 3.63) is 93.4 Å². The summed E-state index contributed by atoms with van der Waals surface area (Å²) in [4.78, 5) is 13.3. The van der Waals surface area contributed by atoms with Gasteiger partial charge in [-0.2, -0.15) is 13.2 Å². The Morgan fingerprint density at radius 1 is 1.04 bits per heavy atom. The zero-order chi connectivity index (χ0) is 19.4. The lowest BCUT2D eigenvalue weighted by Crippen LogP contribution is -2.30. The molecule has 0 saturated heterocycles. The summed E-state index contributed by atoms with van der Waals surface area (Å²) in [5, 5.41) is 4.68. The third-order valence-corrected chi connectivity index (χ3v) is 4.89. The Labute approximate surface area is 157 Å². The molecule has 3 rings (SSSR count). The molecule has 1 aromatic heterocycles. The van der Waals surface area contributed by atoms with Crippen molar-refractivity contribution in [2.24, 2.45) is 0 Å². The van der Waals surface area contributed by atoms with Crippen molar-refractivity contribution in [2.75, 3.05) is 0 Å². The number of halogens is 4. The first kappa shape index (κ1) is 19.1. The number of hydrogen-bond acceptors (Lipinski definition) is 2. The van der Waals surface area contributed by atoms with E-state index in [1.165, 1.54) is 35.6 Å². The van der Waals surface area contributed by atoms with Crippen LogP contribution in [0.2, 0.25) is 0 Å². The summed E-state index contributed by atoms with van der Waals surface area (Å²) in [7, 11) is 0. The molecule has 0 unspecified atom stereocenters. The highest BCUT2D eigenvalue weighted by Crippen LogP contribution is 2.30. The van der Waals surface area contributed by atoms with Gasteiger partial charge < -0.3 is 5.32 Å². The molecular weight excluding hydrogens is 378 g/mol. The van der Waals surface area contributed by atoms with Crippen molar-refractivity contribution in [3.63, 3.8) is 0 Å². The van der Waals surface area contributed by atoms with Crippen molar-refractivity contribution < 1.29 is 22.4 Å². The summed E-state index contributed by atoms with van der Waals surface area (Å²) in [6.45, 7) is 0. The maximum Gasteiger partial charge on any atom is 0.416 e. The maximum atomic E-state index is 13.2. The minimum Gasteiger partial charge on any atom is -0.344 e. The SMILES string of the molecule is O=C(Cc1cccc(C(F)(F)F)c1)N[C@@H](c1ccc(F)cc1)c1cccs1. The van der Waals surface area contributed by atoms with Gasteiger partial charge in [-0.15, -0.1) is 11.3 Å². The molecule has 3 aromatic rings. The molecule has 7 heteroatoms. The van der Waals surface area contributed by atoms with Crippen molar-refractivity contribution in [1.29, 1.82) is 0 Å². The van der Waals surface area contributed by atoms with E-state index in [0.717, 1.165) is 17.0 Å². The van der Waals surface area contributed by atoms with E-state index in [1.807, 2.05) is 17.5 Å². The molecule has 0 aliphatic rings. The van der Waals surface area contributed by atoms with Gasteiger partial charge in [0, 0.05) is 4.88 Å². The van der Waals surface area contributed by atoms with Crippen LogP contribution in [0, 0.1) is 5.82 Å². The highest BCUT2D eigenvalue weighted by molar-refractivity contribution is 7.10. The summed E-state index contributed by atoms with van der Waals surface area (Å²) in [5.74, 6) is -0.809. The minimum absolute atomic E-state index is 0.188. The maximum absolute atomic E-state index is 13.2. The molecule has 27 heavy (non-hydrogen) atoms. The van der Waals surface area contributed by atoms with Crippen molar-refractivity contribution in [2.45, 2.75) is 18.6 Å². The minimum atomic E-state index is -4.46. The number of carbonyl (C=O) groups excluding carboxylic acids is 1. The Morgan fingerprint density at radius 3 is 2.41 bits per heavy atom. The van der Waals surface area contributed by atoms with Crippen LogP contribution in [0.25, 0.3) is 0 Å². The highest BCUT2D eigenvalue weighted by atomic mass is 32.1. The smallest absolute Gasteiger partial charge is 0.344 e. The average Bonchev–Trinajstić information content (AvgIpc) is 3.14. The van der Waals surface area contributed by atoms with Crippen molar-refractivity contribution >= 4 is 17.2 Å². The first-order chi connectivity index (χ1) is 12.8. The van der Waals surface area contributed by atoms with E-state index in [1.54, 1.807) is 12.1 Å². The van der Waals surface area contributed by atoms with Gasteiger partial charge in [0.1, 0.15) is 5.82 Å². The predicted octanol–water partition coefficient (Wildman–Crippen LogP) is 5.35. The van der Waals surface area contributed by atoms with Gasteiger partial charge in [0.25, 0.3) is 0 Å². The fourth-order valence-electron chi connectivity index (χ4n) is 2.68. The quantitative estimate of drug-likeness (QED) is 0.582. The van der Waals surface area contributed by atoms with E-state index >= 15 is 0 Å². The summed E-state index contributed by atoms with van der Waals surface area (Å²) in [6, 6.07) is 13.6. The van der Waals surface area contributed by atoms with Gasteiger partial charge in [0.05, 0.1) is 18.0 Å². The number of rotatable bonds is 5. The number of benzene rings is 2. The molecule has 0 fully saturated rings. The lowest BCUT2D eigenvalue weighted by molar-refractivity contribution is -0.137. The lowest BCUT2D eigenvalue weighted by Gasteiger charge is -2.18. The fraction of sp³-hybridized carbons (Fsp3) is 0.150. The first-order valence-corrected chi connectivity index (χ1v) is 8.95. The molecule has 0 saturated carbocycles. The number of nitrogens with one attached hydrogen (secondary N) is 1. The van der Waals surface area contributed by atoms with Crippen LogP contribution in [0.5, 0.6) is 0 Å². The molecule has 140 valence electrons. The summed E-state index contributed by atoms with van der Waals surface area (Å²) in [5.41, 5.74) is 0.170. The highest BCUT2D eigenvalue weighted by Gasteiger charge is 2.30. The van der Waals surface area contributed by atoms with Gasteiger partial charge in [-0.3, -0.25) is 4.79 Å². The van der Waals surface area contributed by atoms with E-state index in [4.69, 9.17) is 0 Å². The van der Waals surface area contributed by atoms with Gasteiger partial charge in [0.15, 0.2) is 0 Å². The van der Waals surface area contributed by atoms with Crippen LogP contribution in [-0.2, 0) is 17.4 Å². The average molecular weight is 393 g/mol. The number of thiophene rings is 1. The van der Waals surface area contributed by atoms with Crippen LogP contribution in [0.4, 0.5) is 17.6 Å². The monoisotopic (exact) mass is 393 g/mol. The molecule has 0 bridgehead atoms. The van der Waals surface area contributed by atoms with Crippen LogP contribution < -0.4 is 5.32 Å². The number of alkyl halides is 3. The van der Waals surface area contributed by atoms with Gasteiger partial charge in [-0.25, -0.2) is 4.39 Å². The second-order valence-electron chi connectivity index (χ2n) is 5.94. The van der Waals surface area contributed by atoms with Gasteiger partial charge >= 0.3 is 6.18 Å². The van der Waals surface area contributed by atoms with Gasteiger partial charge in [-0.1, -0.05) is 36.4 Å². The van der Waals surface area contributed by atoms with Crippen LogP contribution >= 0.6 is 11.3 Å². The molecule has 0 spiro atoms. The summed E-state index contributed by atoms with van der Waals surface area (Å²) >= 11 is 1.43. The third-order valence-electron chi connectivity index (χ3n) is 3.96. The van der Waals surface area contributed by atoms with Crippen LogP contribution in [0.15, 0.2) is 66.0 Å². The first-order valence-electron chi connectivity index (χ1n) is 8.07. The molecule has 0 radical (unpaired) electrons. The second kappa shape index (κ2) is 7.92. The lowest BCUT2D eigenvalue weighted by atomic mass is 10.0. The predicted molar refractivity (Wildman–Crippen MR) is 95.9 cm³/mol. The summed E-state index contributed by atoms with van der Waals surface area (Å²) in [6.07, 6.45) is -4.65. The Hall–Kier alpha value is -2.67. The van der Waals surface area contributed by atoms with Crippen molar-refractivity contribution in [3.8, 4) is 0 Å². The van der Waals surface area contributed by atoms with E-state index in [9.17, 15) is 22.4 Å². The summed E-state index contributed by atoms with van der Waals surface area (Å²) < 4.78 is 51.7. The molecule has 0 aliphatic carbocycles. The molecule has 1 atom stereocenters. The Kier molecular flexibility index (Phi) is 5.60. The largest absolute Gasteiger partial charge is 0.416 e. The van der Waals surface area contributed by atoms with Crippen LogP contribution in [0.1, 0.15) is 27.6 Å². The molecular formula is C20H15F4NOS. The van der Waals surface area contributed by atoms with Crippen molar-refractivity contribution in [1.82, 2.24) is 5.32 Å². The van der Waals surface area contributed by atoms with E-state index in [-0.39, 0.29) is 17.8 Å². The van der Waals surface area contributed by atoms with E-state index in [0.29, 0.717) is 5.56 Å².